The Hall–Kier alpha value is -2.75. The van der Waals surface area contributed by atoms with Crippen molar-refractivity contribution in [1.82, 2.24) is 10.3 Å². The van der Waals surface area contributed by atoms with E-state index in [4.69, 9.17) is 4.74 Å². The van der Waals surface area contributed by atoms with Crippen LogP contribution in [0.15, 0.2) is 53.9 Å². The molecule has 0 saturated carbocycles. The van der Waals surface area contributed by atoms with Crippen LogP contribution in [0.2, 0.25) is 0 Å². The highest BCUT2D eigenvalue weighted by molar-refractivity contribution is 7.80. The summed E-state index contributed by atoms with van der Waals surface area (Å²) < 4.78 is 29.1. The summed E-state index contributed by atoms with van der Waals surface area (Å²) in [4.78, 5) is 17.4. The molecule has 0 aliphatic carbocycles. The van der Waals surface area contributed by atoms with Crippen LogP contribution in [0.25, 0.3) is 0 Å². The molecule has 1 aromatic heterocycles. The van der Waals surface area contributed by atoms with Gasteiger partial charge >= 0.3 is 0 Å². The maximum Gasteiger partial charge on any atom is 0.220 e. The number of amides is 1. The van der Waals surface area contributed by atoms with Gasteiger partial charge in [-0.2, -0.15) is 0 Å². The minimum Gasteiger partial charge on any atom is -0.755 e. The number of hydrogen-bond acceptors (Lipinski definition) is 6. The number of anilines is 1. The van der Waals surface area contributed by atoms with E-state index in [0.29, 0.717) is 24.9 Å². The van der Waals surface area contributed by atoms with Crippen molar-refractivity contribution in [3.05, 3.63) is 75.7 Å². The van der Waals surface area contributed by atoms with Gasteiger partial charge in [0.05, 0.1) is 18.8 Å². The molecule has 0 aliphatic rings. The van der Waals surface area contributed by atoms with E-state index < -0.39 is 11.3 Å². The number of carbonyl (C=O) groups excluding carboxylic acids is 1. The zero-order chi connectivity index (χ0) is 22.9. The monoisotopic (exact) mass is 472 g/mol. The summed E-state index contributed by atoms with van der Waals surface area (Å²) in [5.74, 6) is 0.746. The summed E-state index contributed by atoms with van der Waals surface area (Å²) >= 11 is -0.822. The van der Waals surface area contributed by atoms with E-state index in [9.17, 15) is 13.6 Å². The summed E-state index contributed by atoms with van der Waals surface area (Å²) in [5, 5.41) is 6.01. The van der Waals surface area contributed by atoms with Gasteiger partial charge in [0.15, 0.2) is 0 Å². The third-order valence-electron chi connectivity index (χ3n) is 4.96. The molecule has 0 saturated heterocycles. The highest BCUT2D eigenvalue weighted by Crippen LogP contribution is 2.24. The van der Waals surface area contributed by atoms with Crippen LogP contribution in [-0.2, 0) is 35.3 Å². The molecule has 32 heavy (non-hydrogen) atoms. The van der Waals surface area contributed by atoms with Crippen LogP contribution in [0.3, 0.4) is 0 Å². The van der Waals surface area contributed by atoms with Gasteiger partial charge in [-0.15, -0.1) is 11.3 Å². The molecule has 0 bridgehead atoms. The number of thiazole rings is 1. The Morgan fingerprint density at radius 2 is 1.84 bits per heavy atom. The van der Waals surface area contributed by atoms with Crippen LogP contribution < -0.4 is 14.8 Å². The average molecular weight is 473 g/mol. The highest BCUT2D eigenvalue weighted by atomic mass is 32.2. The second-order valence-electron chi connectivity index (χ2n) is 7.24. The number of nitrogens with one attached hydrogen (secondary N) is 2. The fourth-order valence-electron chi connectivity index (χ4n) is 3.20. The van der Waals surface area contributed by atoms with Gasteiger partial charge in [0.1, 0.15) is 10.8 Å². The smallest absolute Gasteiger partial charge is 0.220 e. The first-order chi connectivity index (χ1) is 15.5. The minimum absolute atomic E-state index is 0.0425. The summed E-state index contributed by atoms with van der Waals surface area (Å²) in [7, 11) is 1.62. The third-order valence-corrected chi connectivity index (χ3v) is 6.37. The fourth-order valence-corrected chi connectivity index (χ4v) is 4.48. The molecule has 3 aromatic rings. The standard InChI is InChI=1S/C23H27N3O4S2/c1-3-18-15-31-23(24-18)21(14-17-4-9-19(10-5-17)26-32(28)29)25-22(27)13-8-16-6-11-20(30-2)12-7-16/h4-7,9-12,15,21,26H,3,8,13-14H2,1-2H3,(H,25,27)(H,28,29)/p-1/t21-/m0/s1. The van der Waals surface area contributed by atoms with Crippen molar-refractivity contribution in [3.63, 3.8) is 0 Å². The Bertz CT molecular complexity index is 1040. The molecule has 0 spiro atoms. The lowest BCUT2D eigenvalue weighted by atomic mass is 10.0. The molecular formula is C23H26N3O4S2-. The zero-order valence-corrected chi connectivity index (χ0v) is 19.6. The molecule has 170 valence electrons. The van der Waals surface area contributed by atoms with Gasteiger partial charge in [0.2, 0.25) is 5.91 Å². The highest BCUT2D eigenvalue weighted by Gasteiger charge is 2.19. The summed E-state index contributed by atoms with van der Waals surface area (Å²) in [6.45, 7) is 2.05. The molecule has 7 nitrogen and oxygen atoms in total. The van der Waals surface area contributed by atoms with Crippen LogP contribution >= 0.6 is 11.3 Å². The van der Waals surface area contributed by atoms with E-state index in [1.807, 2.05) is 48.7 Å². The van der Waals surface area contributed by atoms with Crippen molar-refractivity contribution >= 4 is 34.2 Å². The van der Waals surface area contributed by atoms with E-state index in [-0.39, 0.29) is 11.9 Å². The van der Waals surface area contributed by atoms with Crippen molar-refractivity contribution in [2.75, 3.05) is 11.8 Å². The van der Waals surface area contributed by atoms with Crippen LogP contribution in [0, 0.1) is 0 Å². The van der Waals surface area contributed by atoms with Gasteiger partial charge < -0.3 is 19.3 Å². The lowest BCUT2D eigenvalue weighted by molar-refractivity contribution is -0.121. The first-order valence-electron chi connectivity index (χ1n) is 10.3. The van der Waals surface area contributed by atoms with Gasteiger partial charge in [-0.3, -0.25) is 9.00 Å². The number of ether oxygens (including phenoxy) is 1. The fraction of sp³-hybridized carbons (Fsp3) is 0.304. The predicted molar refractivity (Wildman–Crippen MR) is 126 cm³/mol. The van der Waals surface area contributed by atoms with Crippen molar-refractivity contribution < 1.29 is 18.3 Å². The molecule has 0 fully saturated rings. The number of aryl methyl sites for hydroxylation is 2. The molecule has 1 unspecified atom stereocenters. The lowest BCUT2D eigenvalue weighted by Gasteiger charge is -2.17. The van der Waals surface area contributed by atoms with Crippen LogP contribution in [-0.4, -0.2) is 26.8 Å². The van der Waals surface area contributed by atoms with Crippen molar-refractivity contribution in [1.29, 1.82) is 0 Å². The number of carbonyl (C=O) groups is 1. The lowest BCUT2D eigenvalue weighted by Crippen LogP contribution is -2.30. The first-order valence-corrected chi connectivity index (χ1v) is 12.2. The molecule has 0 aliphatic heterocycles. The summed E-state index contributed by atoms with van der Waals surface area (Å²) in [6.07, 6.45) is 2.40. The minimum atomic E-state index is -2.36. The Morgan fingerprint density at radius 1 is 1.16 bits per heavy atom. The van der Waals surface area contributed by atoms with Gasteiger partial charge in [0.25, 0.3) is 0 Å². The van der Waals surface area contributed by atoms with Crippen LogP contribution in [0.1, 0.15) is 41.2 Å². The maximum atomic E-state index is 12.7. The predicted octanol–water partition coefficient (Wildman–Crippen LogP) is 3.95. The van der Waals surface area contributed by atoms with Gasteiger partial charge in [-0.05, 0) is 54.7 Å². The number of benzene rings is 2. The van der Waals surface area contributed by atoms with E-state index in [1.54, 1.807) is 19.2 Å². The molecular weight excluding hydrogens is 446 g/mol. The van der Waals surface area contributed by atoms with E-state index in [1.165, 1.54) is 11.3 Å². The largest absolute Gasteiger partial charge is 0.755 e. The van der Waals surface area contributed by atoms with Gasteiger partial charge in [-0.1, -0.05) is 31.2 Å². The molecule has 2 N–H and O–H groups in total. The van der Waals surface area contributed by atoms with Crippen LogP contribution in [0.5, 0.6) is 5.75 Å². The van der Waals surface area contributed by atoms with E-state index >= 15 is 0 Å². The van der Waals surface area contributed by atoms with Crippen LogP contribution in [0.4, 0.5) is 5.69 Å². The molecule has 2 atom stereocenters. The van der Waals surface area contributed by atoms with Gasteiger partial charge in [-0.25, -0.2) is 4.98 Å². The van der Waals surface area contributed by atoms with Crippen molar-refractivity contribution in [2.45, 2.75) is 38.6 Å². The van der Waals surface area contributed by atoms with E-state index in [2.05, 4.69) is 15.0 Å². The normalized spacial score (nSPS) is 12.7. The third kappa shape index (κ3) is 7.15. The number of aromatic nitrogens is 1. The van der Waals surface area contributed by atoms with Gasteiger partial charge in [0, 0.05) is 28.8 Å². The number of hydrogen-bond donors (Lipinski definition) is 2. The first kappa shape index (κ1) is 23.9. The second-order valence-corrected chi connectivity index (χ2v) is 8.80. The zero-order valence-electron chi connectivity index (χ0n) is 18.0. The quantitative estimate of drug-likeness (QED) is 0.411. The van der Waals surface area contributed by atoms with Crippen molar-refractivity contribution in [2.24, 2.45) is 0 Å². The SMILES string of the molecule is CCc1csc([C@H](Cc2ccc(NS(=O)[O-])cc2)NC(=O)CCc2ccc(OC)cc2)n1. The molecule has 2 aromatic carbocycles. The summed E-state index contributed by atoms with van der Waals surface area (Å²) in [6, 6.07) is 14.5. The molecule has 9 heteroatoms. The Morgan fingerprint density at radius 3 is 2.44 bits per heavy atom. The maximum absolute atomic E-state index is 12.7. The summed E-state index contributed by atoms with van der Waals surface area (Å²) in [5.41, 5.74) is 3.53. The van der Waals surface area contributed by atoms with E-state index in [0.717, 1.165) is 34.0 Å². The Kier molecular flexibility index (Phi) is 8.78. The number of rotatable bonds is 11. The Labute approximate surface area is 194 Å². The molecule has 1 amide bonds. The molecule has 3 rings (SSSR count). The number of methoxy groups -OCH3 is 1. The van der Waals surface area contributed by atoms with Crippen molar-refractivity contribution in [3.8, 4) is 5.75 Å². The Balaban J connectivity index is 1.66. The number of nitrogens with zero attached hydrogens (tertiary/aromatic N) is 1. The molecule has 1 heterocycles. The second kappa shape index (κ2) is 11.8. The topological polar surface area (TPSA) is 103 Å². The molecule has 0 radical (unpaired) electrons. The average Bonchev–Trinajstić information content (AvgIpc) is 3.28.